The first kappa shape index (κ1) is 25.8. The third-order valence-electron chi connectivity index (χ3n) is 7.09. The molecule has 1 aliphatic rings. The highest BCUT2D eigenvalue weighted by Crippen LogP contribution is 2.25. The maximum Gasteiger partial charge on any atom is 0.231 e. The molecule has 10 heteroatoms. The van der Waals surface area contributed by atoms with Gasteiger partial charge in [0.15, 0.2) is 17.0 Å². The number of nitrogens with one attached hydrogen (secondary N) is 2. The summed E-state index contributed by atoms with van der Waals surface area (Å²) in [6.45, 7) is 12.6. The van der Waals surface area contributed by atoms with E-state index in [-0.39, 0.29) is 5.91 Å². The van der Waals surface area contributed by atoms with Gasteiger partial charge in [0.1, 0.15) is 0 Å². The molecule has 1 aromatic carbocycles. The van der Waals surface area contributed by atoms with Crippen molar-refractivity contribution in [3.63, 3.8) is 0 Å². The second kappa shape index (κ2) is 11.3. The highest BCUT2D eigenvalue weighted by molar-refractivity contribution is 5.86. The number of fused-ring (bicyclic) bond motifs is 2. The molecular formula is C28H37N9O. The molecule has 0 aliphatic carbocycles. The molecular weight excluding hydrogens is 478 g/mol. The fraction of sp³-hybridized carbons (Fsp3) is 0.464. The molecule has 10 nitrogen and oxygen atoms in total. The molecule has 1 fully saturated rings. The van der Waals surface area contributed by atoms with Crippen molar-refractivity contribution in [2.45, 2.75) is 59.2 Å². The summed E-state index contributed by atoms with van der Waals surface area (Å²) in [7, 11) is 0. The molecule has 0 bridgehead atoms. The molecule has 38 heavy (non-hydrogen) atoms. The Morgan fingerprint density at radius 2 is 1.89 bits per heavy atom. The second-order valence-corrected chi connectivity index (χ2v) is 10.4. The molecule has 2 N–H and O–H groups in total. The predicted octanol–water partition coefficient (Wildman–Crippen LogP) is 4.27. The van der Waals surface area contributed by atoms with Crippen molar-refractivity contribution in [2.24, 2.45) is 0 Å². The van der Waals surface area contributed by atoms with Gasteiger partial charge in [-0.05, 0) is 58.4 Å². The molecule has 5 rings (SSSR count). The lowest BCUT2D eigenvalue weighted by Gasteiger charge is -2.30. The largest absolute Gasteiger partial charge is 0.367 e. The maximum absolute atomic E-state index is 12.1. The second-order valence-electron chi connectivity index (χ2n) is 10.4. The quantitative estimate of drug-likeness (QED) is 0.305. The molecule has 4 heterocycles. The number of anilines is 3. The highest BCUT2D eigenvalue weighted by Gasteiger charge is 2.21. The molecule has 1 saturated heterocycles. The van der Waals surface area contributed by atoms with Gasteiger partial charge in [-0.25, -0.2) is 4.98 Å². The van der Waals surface area contributed by atoms with E-state index >= 15 is 0 Å². The zero-order valence-corrected chi connectivity index (χ0v) is 22.7. The lowest BCUT2D eigenvalue weighted by molar-refractivity contribution is -0.127. The summed E-state index contributed by atoms with van der Waals surface area (Å²) >= 11 is 0. The molecule has 1 aliphatic heterocycles. The minimum Gasteiger partial charge on any atom is -0.367 e. The normalized spacial score (nSPS) is 14.1. The Labute approximate surface area is 223 Å². The molecule has 200 valence electrons. The Balaban J connectivity index is 1.42. The van der Waals surface area contributed by atoms with Gasteiger partial charge in [0, 0.05) is 68.5 Å². The molecule has 0 spiro atoms. The van der Waals surface area contributed by atoms with Crippen LogP contribution in [0, 0.1) is 0 Å². The van der Waals surface area contributed by atoms with E-state index < -0.39 is 0 Å². The van der Waals surface area contributed by atoms with E-state index in [1.54, 1.807) is 12.5 Å². The molecule has 4 aromatic rings. The van der Waals surface area contributed by atoms with Gasteiger partial charge in [0.05, 0.1) is 11.8 Å². The van der Waals surface area contributed by atoms with Crippen molar-refractivity contribution < 1.29 is 4.79 Å². The van der Waals surface area contributed by atoms with Crippen LogP contribution in [0.2, 0.25) is 0 Å². The third-order valence-corrected chi connectivity index (χ3v) is 7.09. The lowest BCUT2D eigenvalue weighted by Crippen LogP contribution is -2.40. The summed E-state index contributed by atoms with van der Waals surface area (Å²) in [6, 6.07) is 10.9. The lowest BCUT2D eigenvalue weighted by atomic mass is 10.2. The van der Waals surface area contributed by atoms with E-state index in [2.05, 4.69) is 53.2 Å². The number of nitrogens with zero attached hydrogens (tertiary/aromatic N) is 7. The van der Waals surface area contributed by atoms with Crippen molar-refractivity contribution in [1.82, 2.24) is 34.3 Å². The molecule has 0 atom stereocenters. The summed E-state index contributed by atoms with van der Waals surface area (Å²) in [5, 5.41) is 7.94. The number of amides is 1. The van der Waals surface area contributed by atoms with E-state index in [1.165, 1.54) is 0 Å². The van der Waals surface area contributed by atoms with Crippen molar-refractivity contribution in [3.8, 4) is 0 Å². The predicted molar refractivity (Wildman–Crippen MR) is 152 cm³/mol. The number of aromatic nitrogens is 5. The van der Waals surface area contributed by atoms with Crippen LogP contribution in [-0.4, -0.2) is 78.5 Å². The van der Waals surface area contributed by atoms with Gasteiger partial charge < -0.3 is 20.1 Å². The van der Waals surface area contributed by atoms with Crippen LogP contribution in [0.25, 0.3) is 22.1 Å². The first-order chi connectivity index (χ1) is 18.4. The monoisotopic (exact) mass is 515 g/mol. The van der Waals surface area contributed by atoms with Crippen molar-refractivity contribution in [1.29, 1.82) is 0 Å². The summed E-state index contributed by atoms with van der Waals surface area (Å²) in [6.07, 6.45) is 5.16. The van der Waals surface area contributed by atoms with Gasteiger partial charge in [-0.3, -0.25) is 14.7 Å². The van der Waals surface area contributed by atoms with Crippen LogP contribution in [0.1, 0.15) is 40.5 Å². The van der Waals surface area contributed by atoms with Crippen molar-refractivity contribution >= 4 is 45.4 Å². The summed E-state index contributed by atoms with van der Waals surface area (Å²) < 4.78 is 2.01. The number of benzene rings is 1. The number of carbonyl (C=O) groups excluding carboxylic acids is 1. The standard InChI is InChI=1S/C28H37N9O/c1-19(2)37(20(3)4)14-12-30-26-25-27(36(18-31-25)16-15-35-13-6-8-24(35)38)34-28(33-26)32-22-9-10-23-21(17-22)7-5-11-29-23/h5,7,9-11,17-20H,6,8,12-16H2,1-4H3,(H2,30,32,33,34). The van der Waals surface area contributed by atoms with Crippen LogP contribution in [0.4, 0.5) is 17.5 Å². The zero-order valence-electron chi connectivity index (χ0n) is 22.7. The fourth-order valence-corrected chi connectivity index (χ4v) is 5.15. The van der Waals surface area contributed by atoms with E-state index in [9.17, 15) is 4.79 Å². The molecule has 0 saturated carbocycles. The van der Waals surface area contributed by atoms with E-state index in [0.29, 0.717) is 43.4 Å². The minimum absolute atomic E-state index is 0.222. The number of hydrogen-bond donors (Lipinski definition) is 2. The van der Waals surface area contributed by atoms with Crippen LogP contribution in [-0.2, 0) is 11.3 Å². The molecule has 3 aromatic heterocycles. The number of imidazole rings is 1. The Morgan fingerprint density at radius 1 is 1.05 bits per heavy atom. The van der Waals surface area contributed by atoms with E-state index in [0.717, 1.165) is 53.8 Å². The molecule has 0 unspecified atom stereocenters. The Hall–Kier alpha value is -3.79. The summed E-state index contributed by atoms with van der Waals surface area (Å²) in [5.74, 6) is 1.41. The summed E-state index contributed by atoms with van der Waals surface area (Å²) in [5.41, 5.74) is 3.29. The average Bonchev–Trinajstić information content (AvgIpc) is 3.50. The SMILES string of the molecule is CC(C)N(CCNc1nc(Nc2ccc3ncccc3c2)nc2c1ncn2CCN1CCCC1=O)C(C)C. The zero-order chi connectivity index (χ0) is 26.6. The Kier molecular flexibility index (Phi) is 7.69. The molecule has 0 radical (unpaired) electrons. The van der Waals surface area contributed by atoms with Gasteiger partial charge in [0.2, 0.25) is 11.9 Å². The number of hydrogen-bond acceptors (Lipinski definition) is 8. The van der Waals surface area contributed by atoms with Crippen LogP contribution in [0.3, 0.4) is 0 Å². The number of carbonyl (C=O) groups is 1. The van der Waals surface area contributed by atoms with Crippen LogP contribution in [0.15, 0.2) is 42.9 Å². The van der Waals surface area contributed by atoms with Crippen LogP contribution >= 0.6 is 0 Å². The number of rotatable bonds is 11. The average molecular weight is 516 g/mol. The third kappa shape index (κ3) is 5.70. The Bertz CT molecular complexity index is 1410. The number of likely N-dealkylation sites (tertiary alicyclic amines) is 1. The van der Waals surface area contributed by atoms with Gasteiger partial charge in [-0.1, -0.05) is 6.07 Å². The van der Waals surface area contributed by atoms with Crippen molar-refractivity contribution in [3.05, 3.63) is 42.9 Å². The van der Waals surface area contributed by atoms with Gasteiger partial charge in [-0.2, -0.15) is 9.97 Å². The van der Waals surface area contributed by atoms with Gasteiger partial charge >= 0.3 is 0 Å². The van der Waals surface area contributed by atoms with E-state index in [1.807, 2.05) is 39.8 Å². The van der Waals surface area contributed by atoms with Gasteiger partial charge in [0.25, 0.3) is 0 Å². The van der Waals surface area contributed by atoms with E-state index in [4.69, 9.17) is 9.97 Å². The van der Waals surface area contributed by atoms with Gasteiger partial charge in [-0.15, -0.1) is 0 Å². The highest BCUT2D eigenvalue weighted by atomic mass is 16.2. The van der Waals surface area contributed by atoms with Crippen LogP contribution < -0.4 is 10.6 Å². The fourth-order valence-electron chi connectivity index (χ4n) is 5.15. The first-order valence-electron chi connectivity index (χ1n) is 13.5. The van der Waals surface area contributed by atoms with Crippen molar-refractivity contribution in [2.75, 3.05) is 36.8 Å². The molecule has 1 amide bonds. The maximum atomic E-state index is 12.1. The smallest absolute Gasteiger partial charge is 0.231 e. The van der Waals surface area contributed by atoms with Crippen LogP contribution in [0.5, 0.6) is 0 Å². The summed E-state index contributed by atoms with van der Waals surface area (Å²) in [4.78, 5) is 35.2. The number of pyridine rings is 1. The Morgan fingerprint density at radius 3 is 2.66 bits per heavy atom. The first-order valence-corrected chi connectivity index (χ1v) is 13.5. The topological polar surface area (TPSA) is 104 Å². The minimum atomic E-state index is 0.222.